The molecule has 21 heavy (non-hydrogen) atoms. The molecule has 0 atom stereocenters. The van der Waals surface area contributed by atoms with Gasteiger partial charge in [0.25, 0.3) is 10.0 Å². The number of nitrogens with two attached hydrogens (primary N) is 1. The number of aromatic nitrogens is 1. The lowest BCUT2D eigenvalue weighted by Crippen LogP contribution is -2.15. The standard InChI is InChI=1S/C13H9Cl2N3O2S/c1-7-2-9(6-18-13(7)21(17,19)20)8-3-11(14)10(5-16)12(15)4-8/h2-4,6H,1H3,(H2,17,19,20). The molecule has 2 rings (SSSR count). The molecule has 8 heteroatoms. The summed E-state index contributed by atoms with van der Waals surface area (Å²) in [7, 11) is -3.87. The van der Waals surface area contributed by atoms with Crippen LogP contribution in [0.5, 0.6) is 0 Å². The third-order valence-electron chi connectivity index (χ3n) is 2.79. The fourth-order valence-corrected chi connectivity index (χ4v) is 3.14. The van der Waals surface area contributed by atoms with Crippen molar-refractivity contribution in [3.05, 3.63) is 45.6 Å². The third kappa shape index (κ3) is 3.17. The minimum absolute atomic E-state index is 0.183. The number of halogens is 2. The maximum Gasteiger partial charge on any atom is 0.255 e. The first-order valence-electron chi connectivity index (χ1n) is 5.63. The number of pyridine rings is 1. The van der Waals surface area contributed by atoms with E-state index in [9.17, 15) is 8.42 Å². The first-order chi connectivity index (χ1) is 9.74. The van der Waals surface area contributed by atoms with Crippen LogP contribution >= 0.6 is 23.2 Å². The lowest BCUT2D eigenvalue weighted by atomic mass is 10.0. The predicted octanol–water partition coefficient (Wildman–Crippen LogP) is 2.88. The average molecular weight is 342 g/mol. The van der Waals surface area contributed by atoms with Crippen molar-refractivity contribution in [2.45, 2.75) is 11.9 Å². The summed E-state index contributed by atoms with van der Waals surface area (Å²) in [5.41, 5.74) is 1.84. The summed E-state index contributed by atoms with van der Waals surface area (Å²) in [6.45, 7) is 1.59. The molecule has 0 aliphatic rings. The summed E-state index contributed by atoms with van der Waals surface area (Å²) in [6, 6.07) is 6.66. The quantitative estimate of drug-likeness (QED) is 0.907. The molecule has 0 saturated heterocycles. The van der Waals surface area contributed by atoms with E-state index < -0.39 is 10.0 Å². The van der Waals surface area contributed by atoms with Crippen LogP contribution in [0.4, 0.5) is 0 Å². The Morgan fingerprint density at radius 1 is 1.19 bits per heavy atom. The van der Waals surface area contributed by atoms with Crippen molar-refractivity contribution in [2.24, 2.45) is 5.14 Å². The van der Waals surface area contributed by atoms with Gasteiger partial charge in [-0.15, -0.1) is 0 Å². The minimum Gasteiger partial charge on any atom is -0.243 e. The summed E-state index contributed by atoms with van der Waals surface area (Å²) in [5, 5.41) is 14.2. The van der Waals surface area contributed by atoms with E-state index in [0.717, 1.165) is 0 Å². The largest absolute Gasteiger partial charge is 0.255 e. The number of nitrogens with zero attached hydrogens (tertiary/aromatic N) is 2. The summed E-state index contributed by atoms with van der Waals surface area (Å²) in [5.74, 6) is 0. The monoisotopic (exact) mass is 341 g/mol. The van der Waals surface area contributed by atoms with Gasteiger partial charge in [-0.1, -0.05) is 23.2 Å². The first-order valence-corrected chi connectivity index (χ1v) is 7.93. The van der Waals surface area contributed by atoms with Crippen molar-refractivity contribution < 1.29 is 8.42 Å². The minimum atomic E-state index is -3.87. The molecule has 0 spiro atoms. The topological polar surface area (TPSA) is 96.8 Å². The van der Waals surface area contributed by atoms with E-state index in [-0.39, 0.29) is 20.6 Å². The van der Waals surface area contributed by atoms with Gasteiger partial charge in [0.15, 0.2) is 5.03 Å². The fourth-order valence-electron chi connectivity index (χ4n) is 1.86. The molecule has 1 heterocycles. The Kier molecular flexibility index (Phi) is 4.21. The molecule has 1 aromatic heterocycles. The Labute approximate surface area is 132 Å². The normalized spacial score (nSPS) is 11.2. The number of hydrogen-bond donors (Lipinski definition) is 1. The van der Waals surface area contributed by atoms with Gasteiger partial charge in [-0.05, 0) is 36.2 Å². The molecular formula is C13H9Cl2N3O2S. The van der Waals surface area contributed by atoms with Crippen LogP contribution in [-0.2, 0) is 10.0 Å². The van der Waals surface area contributed by atoms with Gasteiger partial charge in [0.1, 0.15) is 6.07 Å². The van der Waals surface area contributed by atoms with Gasteiger partial charge in [0.05, 0.1) is 15.6 Å². The second kappa shape index (κ2) is 5.62. The Balaban J connectivity index is 2.60. The highest BCUT2D eigenvalue weighted by Gasteiger charge is 2.15. The van der Waals surface area contributed by atoms with E-state index in [0.29, 0.717) is 16.7 Å². The molecule has 0 aliphatic carbocycles. The molecule has 0 amide bonds. The zero-order valence-electron chi connectivity index (χ0n) is 10.8. The van der Waals surface area contributed by atoms with Crippen molar-refractivity contribution in [1.82, 2.24) is 4.98 Å². The molecule has 108 valence electrons. The van der Waals surface area contributed by atoms with Gasteiger partial charge < -0.3 is 0 Å². The molecule has 0 saturated carbocycles. The van der Waals surface area contributed by atoms with Crippen LogP contribution < -0.4 is 5.14 Å². The van der Waals surface area contributed by atoms with Crippen LogP contribution in [0.25, 0.3) is 11.1 Å². The fraction of sp³-hybridized carbons (Fsp3) is 0.0769. The molecule has 5 nitrogen and oxygen atoms in total. The zero-order valence-corrected chi connectivity index (χ0v) is 13.1. The van der Waals surface area contributed by atoms with Crippen LogP contribution in [0.15, 0.2) is 29.4 Å². The first kappa shape index (κ1) is 15.7. The van der Waals surface area contributed by atoms with Crippen LogP contribution in [0.2, 0.25) is 10.0 Å². The molecule has 0 fully saturated rings. The van der Waals surface area contributed by atoms with Crippen molar-refractivity contribution >= 4 is 33.2 Å². The number of benzene rings is 1. The molecule has 1 aromatic carbocycles. The highest BCUT2D eigenvalue weighted by molar-refractivity contribution is 7.89. The van der Waals surface area contributed by atoms with Gasteiger partial charge in [0, 0.05) is 11.8 Å². The highest BCUT2D eigenvalue weighted by atomic mass is 35.5. The summed E-state index contributed by atoms with van der Waals surface area (Å²) >= 11 is 12.0. The zero-order chi connectivity index (χ0) is 15.8. The Morgan fingerprint density at radius 3 is 2.19 bits per heavy atom. The van der Waals surface area contributed by atoms with Gasteiger partial charge in [0.2, 0.25) is 0 Å². The van der Waals surface area contributed by atoms with Crippen molar-refractivity contribution in [1.29, 1.82) is 5.26 Å². The summed E-state index contributed by atoms with van der Waals surface area (Å²) in [6.07, 6.45) is 1.36. The van der Waals surface area contributed by atoms with E-state index in [1.807, 2.05) is 6.07 Å². The number of nitriles is 1. The van der Waals surface area contributed by atoms with Crippen LogP contribution in [-0.4, -0.2) is 13.4 Å². The molecule has 2 N–H and O–H groups in total. The second-order valence-electron chi connectivity index (χ2n) is 4.32. The van der Waals surface area contributed by atoms with E-state index in [1.54, 1.807) is 25.1 Å². The van der Waals surface area contributed by atoms with Gasteiger partial charge in [-0.2, -0.15) is 5.26 Å². The van der Waals surface area contributed by atoms with E-state index >= 15 is 0 Å². The third-order valence-corrected chi connectivity index (χ3v) is 4.35. The molecule has 0 radical (unpaired) electrons. The molecule has 0 unspecified atom stereocenters. The molecule has 0 aliphatic heterocycles. The second-order valence-corrected chi connectivity index (χ2v) is 6.61. The number of primary sulfonamides is 1. The van der Waals surface area contributed by atoms with Crippen molar-refractivity contribution in [3.63, 3.8) is 0 Å². The number of aryl methyl sites for hydroxylation is 1. The lowest BCUT2D eigenvalue weighted by Gasteiger charge is -2.08. The maximum atomic E-state index is 11.3. The van der Waals surface area contributed by atoms with Crippen LogP contribution in [0.1, 0.15) is 11.1 Å². The number of hydrogen-bond acceptors (Lipinski definition) is 4. The summed E-state index contributed by atoms with van der Waals surface area (Å²) < 4.78 is 22.7. The molecular weight excluding hydrogens is 333 g/mol. The van der Waals surface area contributed by atoms with Gasteiger partial charge in [-0.25, -0.2) is 18.5 Å². The van der Waals surface area contributed by atoms with Crippen LogP contribution in [0.3, 0.4) is 0 Å². The number of rotatable bonds is 2. The highest BCUT2D eigenvalue weighted by Crippen LogP contribution is 2.31. The Hall–Kier alpha value is -1.65. The SMILES string of the molecule is Cc1cc(-c2cc(Cl)c(C#N)c(Cl)c2)cnc1S(N)(=O)=O. The summed E-state index contributed by atoms with van der Waals surface area (Å²) in [4.78, 5) is 3.86. The Bertz CT molecular complexity index is 850. The molecule has 0 bridgehead atoms. The predicted molar refractivity (Wildman–Crippen MR) is 80.5 cm³/mol. The Morgan fingerprint density at radius 2 is 1.76 bits per heavy atom. The molecule has 2 aromatic rings. The van der Waals surface area contributed by atoms with E-state index in [2.05, 4.69) is 4.98 Å². The van der Waals surface area contributed by atoms with Gasteiger partial charge >= 0.3 is 0 Å². The van der Waals surface area contributed by atoms with Crippen molar-refractivity contribution in [2.75, 3.05) is 0 Å². The van der Waals surface area contributed by atoms with Gasteiger partial charge in [-0.3, -0.25) is 0 Å². The van der Waals surface area contributed by atoms with E-state index in [4.69, 9.17) is 33.6 Å². The lowest BCUT2D eigenvalue weighted by molar-refractivity contribution is 0.593. The average Bonchev–Trinajstić information content (AvgIpc) is 2.36. The van der Waals surface area contributed by atoms with E-state index in [1.165, 1.54) is 6.20 Å². The maximum absolute atomic E-state index is 11.3. The van der Waals surface area contributed by atoms with Crippen LogP contribution in [0, 0.1) is 18.3 Å². The smallest absolute Gasteiger partial charge is 0.243 e. The van der Waals surface area contributed by atoms with Crippen molar-refractivity contribution in [3.8, 4) is 17.2 Å². The number of sulfonamides is 1.